The summed E-state index contributed by atoms with van der Waals surface area (Å²) >= 11 is 7.40. The number of hydrogen-bond acceptors (Lipinski definition) is 5. The lowest BCUT2D eigenvalue weighted by Gasteiger charge is -2.16. The number of pyridine rings is 1. The summed E-state index contributed by atoms with van der Waals surface area (Å²) in [5.74, 6) is -1.41. The van der Waals surface area contributed by atoms with E-state index in [-0.39, 0.29) is 10.6 Å². The number of carbonyl (C=O) groups excluding carboxylic acids is 1. The van der Waals surface area contributed by atoms with Gasteiger partial charge in [0, 0.05) is 16.7 Å². The van der Waals surface area contributed by atoms with E-state index in [1.165, 1.54) is 6.07 Å². The fourth-order valence-corrected chi connectivity index (χ4v) is 4.79. The van der Waals surface area contributed by atoms with Gasteiger partial charge in [0.1, 0.15) is 28.1 Å². The predicted molar refractivity (Wildman–Crippen MR) is 119 cm³/mol. The van der Waals surface area contributed by atoms with Crippen molar-refractivity contribution >= 4 is 40.5 Å². The Kier molecular flexibility index (Phi) is 5.43. The molecule has 0 fully saturated rings. The van der Waals surface area contributed by atoms with Crippen LogP contribution < -0.4 is 10.5 Å². The molecule has 1 aromatic carbocycles. The maximum atomic E-state index is 12.1. The van der Waals surface area contributed by atoms with Gasteiger partial charge in [0.15, 0.2) is 0 Å². The van der Waals surface area contributed by atoms with E-state index >= 15 is 0 Å². The Morgan fingerprint density at radius 2 is 1.97 bits per heavy atom. The molecule has 0 aliphatic carbocycles. The van der Waals surface area contributed by atoms with Gasteiger partial charge in [-0.1, -0.05) is 35.9 Å². The summed E-state index contributed by atoms with van der Waals surface area (Å²) in [5.41, 5.74) is 8.12. The summed E-state index contributed by atoms with van der Waals surface area (Å²) in [5, 5.41) is 10.2. The zero-order valence-electron chi connectivity index (χ0n) is 16.6. The Labute approximate surface area is 186 Å². The Balaban J connectivity index is 1.84. The second-order valence-electron chi connectivity index (χ2n) is 6.91. The van der Waals surface area contributed by atoms with E-state index in [1.54, 1.807) is 35.6 Å². The quantitative estimate of drug-likeness (QED) is 0.427. The lowest BCUT2D eigenvalue weighted by atomic mass is 10.1. The number of imidazole rings is 1. The van der Waals surface area contributed by atoms with Crippen molar-refractivity contribution in [1.82, 2.24) is 9.38 Å². The lowest BCUT2D eigenvalue weighted by molar-refractivity contribution is 0.0688. The average molecular weight is 456 g/mol. The molecule has 158 valence electrons. The number of aromatic nitrogens is 2. The number of fused-ring (bicyclic) bond motifs is 1. The van der Waals surface area contributed by atoms with E-state index in [9.17, 15) is 14.7 Å². The minimum atomic E-state index is -1.08. The first kappa shape index (κ1) is 20.9. The normalized spacial score (nSPS) is 12.1. The van der Waals surface area contributed by atoms with Gasteiger partial charge < -0.3 is 15.6 Å². The van der Waals surface area contributed by atoms with Gasteiger partial charge in [0.2, 0.25) is 0 Å². The van der Waals surface area contributed by atoms with Crippen molar-refractivity contribution in [2.75, 3.05) is 0 Å². The smallest absolute Gasteiger partial charge is 0.352 e. The van der Waals surface area contributed by atoms with Crippen molar-refractivity contribution in [2.45, 2.75) is 20.0 Å². The van der Waals surface area contributed by atoms with Crippen LogP contribution in [0.3, 0.4) is 0 Å². The number of benzene rings is 1. The number of amides is 1. The molecule has 0 radical (unpaired) electrons. The molecule has 1 atom stereocenters. The zero-order valence-corrected chi connectivity index (χ0v) is 18.2. The lowest BCUT2D eigenvalue weighted by Crippen LogP contribution is -2.12. The van der Waals surface area contributed by atoms with Crippen LogP contribution in [0.25, 0.3) is 16.2 Å². The number of carboxylic acid groups (broad SMARTS) is 1. The zero-order chi connectivity index (χ0) is 22.3. The molecule has 3 N–H and O–H groups in total. The van der Waals surface area contributed by atoms with E-state index in [2.05, 4.69) is 4.98 Å². The third-order valence-corrected chi connectivity index (χ3v) is 6.32. The first-order chi connectivity index (χ1) is 14.8. The van der Waals surface area contributed by atoms with Crippen molar-refractivity contribution < 1.29 is 19.4 Å². The summed E-state index contributed by atoms with van der Waals surface area (Å²) in [6.07, 6.45) is -0.438. The van der Waals surface area contributed by atoms with Crippen LogP contribution >= 0.6 is 22.9 Å². The second-order valence-corrected chi connectivity index (χ2v) is 8.36. The standard InChI is InChI=1S/C22H18ClN3O4S/c1-11-19(26-15(22(28)29)8-5-9-18(26)25-11)17-10-16(20(31-17)21(24)27)30-12(2)13-6-3-4-7-14(13)23/h3-10,12H,1-2H3,(H2,24,27)(H,28,29). The minimum absolute atomic E-state index is 0.0639. The van der Waals surface area contributed by atoms with Gasteiger partial charge in [-0.25, -0.2) is 9.78 Å². The molecule has 0 bridgehead atoms. The Hall–Kier alpha value is -3.36. The van der Waals surface area contributed by atoms with Gasteiger partial charge in [0.25, 0.3) is 5.91 Å². The Morgan fingerprint density at radius 3 is 2.65 bits per heavy atom. The molecule has 0 aliphatic rings. The Bertz CT molecular complexity index is 1330. The molecule has 0 spiro atoms. The fraction of sp³-hybridized carbons (Fsp3) is 0.136. The molecule has 3 heterocycles. The molecular formula is C22H18ClN3O4S. The minimum Gasteiger partial charge on any atom is -0.484 e. The van der Waals surface area contributed by atoms with Crippen LogP contribution in [-0.4, -0.2) is 26.4 Å². The van der Waals surface area contributed by atoms with Crippen LogP contribution in [0.1, 0.15) is 44.4 Å². The van der Waals surface area contributed by atoms with Gasteiger partial charge in [-0.15, -0.1) is 11.3 Å². The van der Waals surface area contributed by atoms with E-state index in [0.717, 1.165) is 16.9 Å². The summed E-state index contributed by atoms with van der Waals surface area (Å²) in [4.78, 5) is 29.2. The fourth-order valence-electron chi connectivity index (χ4n) is 3.47. The predicted octanol–water partition coefficient (Wildman–Crippen LogP) is 4.96. The summed E-state index contributed by atoms with van der Waals surface area (Å²) < 4.78 is 7.61. The molecule has 31 heavy (non-hydrogen) atoms. The second kappa shape index (κ2) is 8.05. The molecule has 1 unspecified atom stereocenters. The number of hydrogen-bond donors (Lipinski definition) is 2. The number of nitrogens with two attached hydrogens (primary N) is 1. The highest BCUT2D eigenvalue weighted by molar-refractivity contribution is 7.17. The number of carboxylic acids is 1. The number of halogens is 1. The molecule has 0 aliphatic heterocycles. The number of aryl methyl sites for hydroxylation is 1. The van der Waals surface area contributed by atoms with Crippen LogP contribution in [0.2, 0.25) is 5.02 Å². The molecule has 7 nitrogen and oxygen atoms in total. The third-order valence-electron chi connectivity index (χ3n) is 4.84. The van der Waals surface area contributed by atoms with Crippen LogP contribution in [0, 0.1) is 6.92 Å². The number of nitrogens with zero attached hydrogens (tertiary/aromatic N) is 2. The highest BCUT2D eigenvalue weighted by Gasteiger charge is 2.24. The van der Waals surface area contributed by atoms with Crippen LogP contribution in [0.15, 0.2) is 48.5 Å². The number of rotatable bonds is 6. The van der Waals surface area contributed by atoms with Gasteiger partial charge in [0.05, 0.1) is 16.3 Å². The molecule has 3 aromatic heterocycles. The largest absolute Gasteiger partial charge is 0.484 e. The van der Waals surface area contributed by atoms with E-state index in [0.29, 0.717) is 32.7 Å². The third kappa shape index (κ3) is 3.75. The SMILES string of the molecule is Cc1nc2cccc(C(=O)O)n2c1-c1cc(OC(C)c2ccccc2Cl)c(C(N)=O)s1. The Morgan fingerprint density at radius 1 is 1.23 bits per heavy atom. The van der Waals surface area contributed by atoms with Crippen molar-refractivity contribution in [1.29, 1.82) is 0 Å². The summed E-state index contributed by atoms with van der Waals surface area (Å²) in [6, 6.07) is 13.8. The molecule has 4 rings (SSSR count). The van der Waals surface area contributed by atoms with Crippen molar-refractivity contribution in [2.24, 2.45) is 5.73 Å². The average Bonchev–Trinajstić information content (AvgIpc) is 3.27. The van der Waals surface area contributed by atoms with Crippen molar-refractivity contribution in [3.63, 3.8) is 0 Å². The monoisotopic (exact) mass is 455 g/mol. The van der Waals surface area contributed by atoms with Gasteiger partial charge in [-0.3, -0.25) is 9.20 Å². The van der Waals surface area contributed by atoms with Crippen LogP contribution in [0.4, 0.5) is 0 Å². The highest BCUT2D eigenvalue weighted by atomic mass is 35.5. The van der Waals surface area contributed by atoms with Gasteiger partial charge in [-0.05, 0) is 32.0 Å². The van der Waals surface area contributed by atoms with E-state index < -0.39 is 18.0 Å². The number of carbonyl (C=O) groups is 2. The maximum Gasteiger partial charge on any atom is 0.352 e. The summed E-state index contributed by atoms with van der Waals surface area (Å²) in [6.45, 7) is 3.61. The summed E-state index contributed by atoms with van der Waals surface area (Å²) in [7, 11) is 0. The molecule has 0 saturated carbocycles. The van der Waals surface area contributed by atoms with Crippen molar-refractivity contribution in [3.8, 4) is 16.3 Å². The van der Waals surface area contributed by atoms with Gasteiger partial charge in [-0.2, -0.15) is 0 Å². The van der Waals surface area contributed by atoms with E-state index in [1.807, 2.05) is 25.1 Å². The van der Waals surface area contributed by atoms with E-state index in [4.69, 9.17) is 22.1 Å². The molecule has 9 heteroatoms. The molecular weight excluding hydrogens is 438 g/mol. The first-order valence-corrected chi connectivity index (χ1v) is 10.5. The maximum absolute atomic E-state index is 12.1. The number of primary amides is 1. The first-order valence-electron chi connectivity index (χ1n) is 9.34. The molecule has 1 amide bonds. The highest BCUT2D eigenvalue weighted by Crippen LogP contribution is 2.40. The molecule has 0 saturated heterocycles. The van der Waals surface area contributed by atoms with Crippen LogP contribution in [-0.2, 0) is 0 Å². The topological polar surface area (TPSA) is 107 Å². The molecule has 4 aromatic rings. The number of thiophene rings is 1. The number of aromatic carboxylic acids is 1. The number of ether oxygens (including phenoxy) is 1. The van der Waals surface area contributed by atoms with Crippen LogP contribution in [0.5, 0.6) is 5.75 Å². The van der Waals surface area contributed by atoms with Gasteiger partial charge >= 0.3 is 5.97 Å². The van der Waals surface area contributed by atoms with Crippen molar-refractivity contribution in [3.05, 3.63) is 75.4 Å².